The zero-order valence-corrected chi connectivity index (χ0v) is 17.9. The number of likely N-dealkylation sites (tertiary alicyclic amines) is 1. The Morgan fingerprint density at radius 1 is 0.970 bits per heavy atom. The largest absolute Gasteiger partial charge is 0.339 e. The number of carbonyl (C=O) groups excluding carboxylic acids is 2. The first-order valence-electron chi connectivity index (χ1n) is 11.0. The highest BCUT2D eigenvalue weighted by Gasteiger charge is 2.62. The van der Waals surface area contributed by atoms with E-state index in [-0.39, 0.29) is 23.7 Å². The van der Waals surface area contributed by atoms with Gasteiger partial charge >= 0.3 is 0 Å². The van der Waals surface area contributed by atoms with Gasteiger partial charge in [0.1, 0.15) is 5.82 Å². The molecule has 0 bridgehead atoms. The predicted octanol–water partition coefficient (Wildman–Crippen LogP) is 4.71. The van der Waals surface area contributed by atoms with Gasteiger partial charge in [-0.25, -0.2) is 4.39 Å². The standard InChI is InChI=1S/C27H22FN3O2/c28-22-10-5-11-23(17-22)31-24(20-7-2-1-3-8-20)27(26(31)33)12-14-30(15-13-27)25(32)21-9-4-6-19(16-21)18-29/h1-11,16-17,24H,12-15H2. The molecule has 2 aliphatic heterocycles. The highest BCUT2D eigenvalue weighted by molar-refractivity contribution is 6.06. The van der Waals surface area contributed by atoms with Gasteiger partial charge < -0.3 is 9.80 Å². The molecular weight excluding hydrogens is 417 g/mol. The SMILES string of the molecule is N#Cc1cccc(C(=O)N2CCC3(CC2)C(=O)N(c2cccc(F)c2)C3c2ccccc2)c1. The van der Waals surface area contributed by atoms with Crippen LogP contribution < -0.4 is 4.90 Å². The second-order valence-corrected chi connectivity index (χ2v) is 8.61. The molecule has 1 atom stereocenters. The Kier molecular flexibility index (Phi) is 5.18. The number of piperidine rings is 1. The lowest BCUT2D eigenvalue weighted by Gasteiger charge is -2.59. The molecule has 0 N–H and O–H groups in total. The van der Waals surface area contributed by atoms with Crippen LogP contribution in [0, 0.1) is 22.6 Å². The maximum absolute atomic E-state index is 13.9. The van der Waals surface area contributed by atoms with Crippen molar-refractivity contribution in [2.75, 3.05) is 18.0 Å². The normalized spacial score (nSPS) is 19.2. The third kappa shape index (κ3) is 3.46. The molecule has 0 aromatic heterocycles. The van der Waals surface area contributed by atoms with Gasteiger partial charge in [-0.1, -0.05) is 42.5 Å². The molecule has 2 heterocycles. The summed E-state index contributed by atoms with van der Waals surface area (Å²) in [5.41, 5.74) is 1.84. The van der Waals surface area contributed by atoms with E-state index in [0.717, 1.165) is 5.56 Å². The summed E-state index contributed by atoms with van der Waals surface area (Å²) in [7, 11) is 0. The number of carbonyl (C=O) groups is 2. The van der Waals surface area contributed by atoms with Gasteiger partial charge in [0, 0.05) is 24.3 Å². The second-order valence-electron chi connectivity index (χ2n) is 8.61. The first-order chi connectivity index (χ1) is 16.0. The number of hydrogen-bond donors (Lipinski definition) is 0. The van der Waals surface area contributed by atoms with Crippen LogP contribution >= 0.6 is 0 Å². The number of β-lactam (4-membered cyclic amide) rings is 1. The fourth-order valence-electron chi connectivity index (χ4n) is 5.15. The lowest BCUT2D eigenvalue weighted by molar-refractivity contribution is -0.144. The number of nitrogens with zero attached hydrogens (tertiary/aromatic N) is 3. The van der Waals surface area contributed by atoms with Crippen molar-refractivity contribution in [1.29, 1.82) is 5.26 Å². The van der Waals surface area contributed by atoms with E-state index in [1.807, 2.05) is 30.3 Å². The quantitative estimate of drug-likeness (QED) is 0.556. The van der Waals surface area contributed by atoms with Gasteiger partial charge in [-0.05, 0) is 54.8 Å². The topological polar surface area (TPSA) is 64.4 Å². The molecule has 2 amide bonds. The second kappa shape index (κ2) is 8.18. The Labute approximate surface area is 191 Å². The number of anilines is 1. The predicted molar refractivity (Wildman–Crippen MR) is 122 cm³/mol. The third-order valence-electron chi connectivity index (χ3n) is 6.81. The molecule has 1 spiro atoms. The molecule has 3 aromatic rings. The molecule has 0 radical (unpaired) electrons. The van der Waals surface area contributed by atoms with Crippen LogP contribution in [0.3, 0.4) is 0 Å². The van der Waals surface area contributed by atoms with Crippen LogP contribution in [0.25, 0.3) is 0 Å². The van der Waals surface area contributed by atoms with Crippen molar-refractivity contribution < 1.29 is 14.0 Å². The Morgan fingerprint density at radius 3 is 2.39 bits per heavy atom. The van der Waals surface area contributed by atoms with Crippen LogP contribution in [0.4, 0.5) is 10.1 Å². The van der Waals surface area contributed by atoms with Crippen molar-refractivity contribution in [3.8, 4) is 6.07 Å². The lowest BCUT2D eigenvalue weighted by Crippen LogP contribution is -2.67. The highest BCUT2D eigenvalue weighted by atomic mass is 19.1. The van der Waals surface area contributed by atoms with Crippen LogP contribution in [0.5, 0.6) is 0 Å². The average molecular weight is 439 g/mol. The molecule has 2 saturated heterocycles. The van der Waals surface area contributed by atoms with Crippen molar-refractivity contribution in [3.63, 3.8) is 0 Å². The van der Waals surface area contributed by atoms with Crippen LogP contribution in [0.2, 0.25) is 0 Å². The van der Waals surface area contributed by atoms with E-state index in [4.69, 9.17) is 5.26 Å². The average Bonchev–Trinajstić information content (AvgIpc) is 2.87. The zero-order valence-electron chi connectivity index (χ0n) is 17.9. The summed E-state index contributed by atoms with van der Waals surface area (Å²) in [4.78, 5) is 30.0. The smallest absolute Gasteiger partial charge is 0.253 e. The first-order valence-corrected chi connectivity index (χ1v) is 11.0. The van der Waals surface area contributed by atoms with Crippen LogP contribution in [-0.2, 0) is 4.79 Å². The van der Waals surface area contributed by atoms with E-state index in [9.17, 15) is 14.0 Å². The fourth-order valence-corrected chi connectivity index (χ4v) is 5.15. The van der Waals surface area contributed by atoms with E-state index in [1.165, 1.54) is 12.1 Å². The molecule has 5 rings (SSSR count). The third-order valence-corrected chi connectivity index (χ3v) is 6.81. The van der Waals surface area contributed by atoms with Crippen molar-refractivity contribution in [2.45, 2.75) is 18.9 Å². The Bertz CT molecular complexity index is 1260. The van der Waals surface area contributed by atoms with Gasteiger partial charge in [-0.15, -0.1) is 0 Å². The van der Waals surface area contributed by atoms with E-state index in [2.05, 4.69) is 6.07 Å². The number of hydrogen-bond acceptors (Lipinski definition) is 3. The highest BCUT2D eigenvalue weighted by Crippen LogP contribution is 2.57. The van der Waals surface area contributed by atoms with Crippen molar-refractivity contribution in [3.05, 3.63) is 101 Å². The summed E-state index contributed by atoms with van der Waals surface area (Å²) in [6.45, 7) is 0.892. The molecule has 1 unspecified atom stereocenters. The van der Waals surface area contributed by atoms with E-state index in [0.29, 0.717) is 42.7 Å². The fraction of sp³-hybridized carbons (Fsp3) is 0.222. The van der Waals surface area contributed by atoms with Crippen LogP contribution in [-0.4, -0.2) is 29.8 Å². The van der Waals surface area contributed by atoms with Crippen LogP contribution in [0.15, 0.2) is 78.9 Å². The molecule has 0 aliphatic carbocycles. The summed E-state index contributed by atoms with van der Waals surface area (Å²) >= 11 is 0. The van der Waals surface area contributed by atoms with Gasteiger partial charge in [-0.2, -0.15) is 5.26 Å². The Morgan fingerprint density at radius 2 is 1.70 bits per heavy atom. The molecular formula is C27H22FN3O2. The Hall–Kier alpha value is -3.98. The summed E-state index contributed by atoms with van der Waals surface area (Å²) < 4.78 is 13.9. The minimum absolute atomic E-state index is 0.0273. The van der Waals surface area contributed by atoms with Crippen molar-refractivity contribution in [1.82, 2.24) is 4.90 Å². The molecule has 2 aliphatic rings. The van der Waals surface area contributed by atoms with Gasteiger partial charge in [0.15, 0.2) is 0 Å². The monoisotopic (exact) mass is 439 g/mol. The number of halogens is 1. The molecule has 33 heavy (non-hydrogen) atoms. The maximum Gasteiger partial charge on any atom is 0.253 e. The maximum atomic E-state index is 13.9. The van der Waals surface area contributed by atoms with Gasteiger partial charge in [0.05, 0.1) is 23.1 Å². The van der Waals surface area contributed by atoms with Gasteiger partial charge in [-0.3, -0.25) is 9.59 Å². The summed E-state index contributed by atoms with van der Waals surface area (Å²) in [6.07, 6.45) is 1.06. The summed E-state index contributed by atoms with van der Waals surface area (Å²) in [5, 5.41) is 9.12. The summed E-state index contributed by atoms with van der Waals surface area (Å²) in [6, 6.07) is 24.5. The number of rotatable bonds is 3. The lowest BCUT2D eigenvalue weighted by atomic mass is 9.62. The van der Waals surface area contributed by atoms with Crippen LogP contribution in [0.1, 0.15) is 40.4 Å². The van der Waals surface area contributed by atoms with Gasteiger partial charge in [0.25, 0.3) is 5.91 Å². The van der Waals surface area contributed by atoms with Gasteiger partial charge in [0.2, 0.25) is 5.91 Å². The first kappa shape index (κ1) is 20.9. The number of benzene rings is 3. The number of nitriles is 1. The molecule has 164 valence electrons. The van der Waals surface area contributed by atoms with Crippen molar-refractivity contribution in [2.24, 2.45) is 5.41 Å². The molecule has 0 saturated carbocycles. The summed E-state index contributed by atoms with van der Waals surface area (Å²) in [5.74, 6) is -0.541. The minimum Gasteiger partial charge on any atom is -0.339 e. The Balaban J connectivity index is 1.42. The molecule has 3 aromatic carbocycles. The van der Waals surface area contributed by atoms with E-state index >= 15 is 0 Å². The van der Waals surface area contributed by atoms with E-state index in [1.54, 1.807) is 46.2 Å². The molecule has 6 heteroatoms. The van der Waals surface area contributed by atoms with E-state index < -0.39 is 5.41 Å². The molecule has 2 fully saturated rings. The number of amides is 2. The molecule has 5 nitrogen and oxygen atoms in total. The van der Waals surface area contributed by atoms with Crippen molar-refractivity contribution >= 4 is 17.5 Å². The zero-order chi connectivity index (χ0) is 23.0. The minimum atomic E-state index is -0.626.